The lowest BCUT2D eigenvalue weighted by Crippen LogP contribution is -2.11. The van der Waals surface area contributed by atoms with Gasteiger partial charge in [0.15, 0.2) is 5.69 Å². The van der Waals surface area contributed by atoms with Gasteiger partial charge in [-0.2, -0.15) is 0 Å². The number of nitrogens with zero attached hydrogens (tertiary/aromatic N) is 3. The maximum Gasteiger partial charge on any atom is 0.359 e. The quantitative estimate of drug-likeness (QED) is 0.184. The van der Waals surface area contributed by atoms with Gasteiger partial charge >= 0.3 is 11.9 Å². The highest BCUT2D eigenvalue weighted by atomic mass is 16.6. The molecule has 1 N–H and O–H groups in total. The third-order valence-electron chi connectivity index (χ3n) is 4.87. The number of non-ortho nitro benzene ring substituents is 1. The average molecular weight is 455 g/mol. The van der Waals surface area contributed by atoms with Crippen LogP contribution in [0.1, 0.15) is 21.6 Å². The van der Waals surface area contributed by atoms with Crippen LogP contribution >= 0.6 is 0 Å². The molecule has 0 aliphatic rings. The van der Waals surface area contributed by atoms with Crippen molar-refractivity contribution >= 4 is 34.7 Å². The van der Waals surface area contributed by atoms with Gasteiger partial charge in [-0.1, -0.05) is 54.6 Å². The fourth-order valence-corrected chi connectivity index (χ4v) is 3.21. The maximum atomic E-state index is 13.0. The van der Waals surface area contributed by atoms with Crippen LogP contribution in [-0.4, -0.2) is 31.9 Å². The van der Waals surface area contributed by atoms with Gasteiger partial charge in [0, 0.05) is 23.8 Å². The topological polar surface area (TPSA) is 133 Å². The second kappa shape index (κ2) is 9.70. The molecule has 0 saturated heterocycles. The van der Waals surface area contributed by atoms with E-state index in [1.807, 2.05) is 30.3 Å². The molecule has 0 amide bonds. The zero-order valence-corrected chi connectivity index (χ0v) is 17.6. The van der Waals surface area contributed by atoms with E-state index in [0.29, 0.717) is 16.6 Å². The number of rotatable bonds is 7. The minimum atomic E-state index is -1.07. The van der Waals surface area contributed by atoms with E-state index >= 15 is 0 Å². The van der Waals surface area contributed by atoms with Crippen molar-refractivity contribution in [3.8, 4) is 11.3 Å². The van der Waals surface area contributed by atoms with E-state index in [0.717, 1.165) is 11.6 Å². The average Bonchev–Trinajstić information content (AvgIpc) is 2.85. The normalized spacial score (nSPS) is 10.9. The molecule has 1 heterocycles. The Kier molecular flexibility index (Phi) is 6.35. The molecule has 9 nitrogen and oxygen atoms in total. The Balaban J connectivity index is 1.75. The second-order valence-corrected chi connectivity index (χ2v) is 7.21. The van der Waals surface area contributed by atoms with Crippen molar-refractivity contribution in [3.05, 3.63) is 106 Å². The summed E-state index contributed by atoms with van der Waals surface area (Å²) in [6.07, 6.45) is 2.45. The van der Waals surface area contributed by atoms with Crippen molar-refractivity contribution in [1.82, 2.24) is 9.97 Å². The molecule has 0 spiro atoms. The number of aliphatic carboxylic acids is 1. The van der Waals surface area contributed by atoms with E-state index in [-0.39, 0.29) is 29.2 Å². The lowest BCUT2D eigenvalue weighted by molar-refractivity contribution is -0.384. The number of aromatic nitrogens is 2. The fraction of sp³-hybridized carbons (Fsp3) is 0.0400. The van der Waals surface area contributed by atoms with Gasteiger partial charge in [-0.25, -0.2) is 19.6 Å². The monoisotopic (exact) mass is 455 g/mol. The van der Waals surface area contributed by atoms with Gasteiger partial charge in [0.25, 0.3) is 5.69 Å². The van der Waals surface area contributed by atoms with E-state index in [2.05, 4.69) is 9.97 Å². The number of hydrogen-bond acceptors (Lipinski definition) is 7. The summed E-state index contributed by atoms with van der Waals surface area (Å²) >= 11 is 0. The molecule has 9 heteroatoms. The minimum absolute atomic E-state index is 0.0205. The van der Waals surface area contributed by atoms with Crippen molar-refractivity contribution < 1.29 is 24.4 Å². The highest BCUT2D eigenvalue weighted by molar-refractivity contribution is 5.97. The molecule has 0 bridgehead atoms. The van der Waals surface area contributed by atoms with Crippen LogP contribution in [0.25, 0.3) is 28.4 Å². The zero-order valence-electron chi connectivity index (χ0n) is 17.6. The third kappa shape index (κ3) is 5.10. The van der Waals surface area contributed by atoms with Gasteiger partial charge in [0.05, 0.1) is 16.0 Å². The molecule has 0 fully saturated rings. The van der Waals surface area contributed by atoms with Gasteiger partial charge in [-0.3, -0.25) is 10.1 Å². The number of carboxylic acid groups (broad SMARTS) is 1. The summed E-state index contributed by atoms with van der Waals surface area (Å²) in [5.74, 6) is -1.79. The fourth-order valence-electron chi connectivity index (χ4n) is 3.21. The van der Waals surface area contributed by atoms with Crippen LogP contribution in [-0.2, 0) is 16.1 Å². The highest BCUT2D eigenvalue weighted by Crippen LogP contribution is 2.27. The summed E-state index contributed by atoms with van der Waals surface area (Å²) in [4.78, 5) is 43.2. The van der Waals surface area contributed by atoms with Crippen molar-refractivity contribution in [1.29, 1.82) is 0 Å². The Bertz CT molecular complexity index is 1420. The third-order valence-corrected chi connectivity index (χ3v) is 4.87. The number of hydrogen-bond donors (Lipinski definition) is 1. The van der Waals surface area contributed by atoms with Crippen molar-refractivity contribution in [2.45, 2.75) is 6.61 Å². The highest BCUT2D eigenvalue weighted by Gasteiger charge is 2.21. The largest absolute Gasteiger partial charge is 0.478 e. The lowest BCUT2D eigenvalue weighted by atomic mass is 10.1. The Morgan fingerprint density at radius 3 is 2.38 bits per heavy atom. The summed E-state index contributed by atoms with van der Waals surface area (Å²) in [5.41, 5.74) is 2.52. The van der Waals surface area contributed by atoms with Crippen LogP contribution < -0.4 is 0 Å². The number of benzene rings is 3. The van der Waals surface area contributed by atoms with E-state index in [4.69, 9.17) is 9.84 Å². The van der Waals surface area contributed by atoms with E-state index in [9.17, 15) is 19.7 Å². The molecule has 34 heavy (non-hydrogen) atoms. The van der Waals surface area contributed by atoms with E-state index in [1.165, 1.54) is 24.3 Å². The number of fused-ring (bicyclic) bond motifs is 1. The Morgan fingerprint density at radius 1 is 0.971 bits per heavy atom. The predicted octanol–water partition coefficient (Wildman–Crippen LogP) is 4.66. The first-order chi connectivity index (χ1) is 16.4. The molecule has 4 rings (SSSR count). The van der Waals surface area contributed by atoms with E-state index < -0.39 is 16.9 Å². The standard InChI is InChI=1S/C25H17N3O6/c29-22(30)13-8-16-6-9-18(10-7-16)23-24(25(31)34-15-17-4-2-1-3-5-17)27-21-14-19(28(32)33)11-12-20(21)26-23/h1-14H,15H2,(H,29,30)/b13-8+. The van der Waals surface area contributed by atoms with Crippen molar-refractivity contribution in [2.24, 2.45) is 0 Å². The molecule has 0 aliphatic carbocycles. The van der Waals surface area contributed by atoms with Crippen LogP contribution in [0.5, 0.6) is 0 Å². The van der Waals surface area contributed by atoms with Gasteiger partial charge < -0.3 is 9.84 Å². The van der Waals surface area contributed by atoms with Crippen molar-refractivity contribution in [2.75, 3.05) is 0 Å². The second-order valence-electron chi connectivity index (χ2n) is 7.21. The molecule has 0 atom stereocenters. The minimum Gasteiger partial charge on any atom is -0.478 e. The summed E-state index contributed by atoms with van der Waals surface area (Å²) in [6, 6.07) is 19.9. The van der Waals surface area contributed by atoms with E-state index in [1.54, 1.807) is 24.3 Å². The first-order valence-corrected chi connectivity index (χ1v) is 10.1. The molecular weight excluding hydrogens is 438 g/mol. The molecule has 0 unspecified atom stereocenters. The number of ether oxygens (including phenoxy) is 1. The molecule has 168 valence electrons. The molecule has 0 radical (unpaired) electrons. The van der Waals surface area contributed by atoms with Crippen LogP contribution in [0.4, 0.5) is 5.69 Å². The lowest BCUT2D eigenvalue weighted by Gasteiger charge is -2.11. The van der Waals surface area contributed by atoms with Crippen molar-refractivity contribution in [3.63, 3.8) is 0 Å². The van der Waals surface area contributed by atoms with Crippen LogP contribution in [0.2, 0.25) is 0 Å². The number of esters is 1. The molecule has 3 aromatic carbocycles. The first-order valence-electron chi connectivity index (χ1n) is 10.1. The molecule has 0 aliphatic heterocycles. The summed E-state index contributed by atoms with van der Waals surface area (Å²) in [5, 5.41) is 20.0. The number of carbonyl (C=O) groups is 2. The van der Waals surface area contributed by atoms with Crippen LogP contribution in [0.15, 0.2) is 78.9 Å². The first kappa shape index (κ1) is 22.3. The summed E-state index contributed by atoms with van der Waals surface area (Å²) in [7, 11) is 0. The number of nitro groups is 1. The summed E-state index contributed by atoms with van der Waals surface area (Å²) < 4.78 is 5.44. The zero-order chi connectivity index (χ0) is 24.1. The smallest absolute Gasteiger partial charge is 0.359 e. The summed E-state index contributed by atoms with van der Waals surface area (Å²) in [6.45, 7) is 0.0205. The molecular formula is C25H17N3O6. The maximum absolute atomic E-state index is 13.0. The van der Waals surface area contributed by atoms with Crippen LogP contribution in [0, 0.1) is 10.1 Å². The Labute approximate surface area is 193 Å². The van der Waals surface area contributed by atoms with Gasteiger partial charge in [0.1, 0.15) is 12.3 Å². The van der Waals surface area contributed by atoms with Gasteiger partial charge in [-0.15, -0.1) is 0 Å². The molecule has 0 saturated carbocycles. The predicted molar refractivity (Wildman–Crippen MR) is 124 cm³/mol. The Hall–Kier alpha value is -4.92. The van der Waals surface area contributed by atoms with Gasteiger partial charge in [0.2, 0.25) is 0 Å². The number of nitro benzene ring substituents is 1. The number of carbonyl (C=O) groups excluding carboxylic acids is 1. The molecule has 1 aromatic heterocycles. The number of carboxylic acids is 1. The van der Waals surface area contributed by atoms with Crippen LogP contribution in [0.3, 0.4) is 0 Å². The Morgan fingerprint density at radius 2 is 1.71 bits per heavy atom. The SMILES string of the molecule is O=C(O)/C=C/c1ccc(-c2nc3ccc([N+](=O)[O-])cc3nc2C(=O)OCc2ccccc2)cc1. The molecule has 4 aromatic rings. The van der Waals surface area contributed by atoms with Gasteiger partial charge in [-0.05, 0) is 23.3 Å².